The van der Waals surface area contributed by atoms with Crippen molar-refractivity contribution in [1.29, 1.82) is 0 Å². The van der Waals surface area contributed by atoms with Gasteiger partial charge in [0.2, 0.25) is 5.91 Å². The third-order valence-electron chi connectivity index (χ3n) is 4.95. The summed E-state index contributed by atoms with van der Waals surface area (Å²) in [6.07, 6.45) is 2.00. The van der Waals surface area contributed by atoms with Crippen LogP contribution in [0.15, 0.2) is 77.7 Å². The van der Waals surface area contributed by atoms with Gasteiger partial charge in [0, 0.05) is 16.1 Å². The Labute approximate surface area is 198 Å². The average Bonchev–Trinajstić information content (AvgIpc) is 2.83. The van der Waals surface area contributed by atoms with E-state index in [1.807, 2.05) is 43.3 Å². The number of ether oxygens (including phenoxy) is 1. The summed E-state index contributed by atoms with van der Waals surface area (Å²) in [5.74, 6) is -0.878. The largest absolute Gasteiger partial charge is 0.454 e. The molecule has 3 aromatic rings. The molecule has 6 heteroatoms. The van der Waals surface area contributed by atoms with Crippen molar-refractivity contribution in [3.63, 3.8) is 0 Å². The van der Waals surface area contributed by atoms with Crippen LogP contribution >= 0.6 is 11.8 Å². The van der Waals surface area contributed by atoms with E-state index in [1.165, 1.54) is 17.3 Å². The van der Waals surface area contributed by atoms with Crippen LogP contribution in [0.4, 0.5) is 5.69 Å². The minimum Gasteiger partial charge on any atom is -0.454 e. The first kappa shape index (κ1) is 24.3. The molecule has 0 saturated heterocycles. The molecule has 0 atom stereocenters. The van der Waals surface area contributed by atoms with E-state index in [-0.39, 0.29) is 24.1 Å². The zero-order valence-electron chi connectivity index (χ0n) is 18.8. The summed E-state index contributed by atoms with van der Waals surface area (Å²) in [5.41, 5.74) is 3.85. The molecule has 1 N–H and O–H groups in total. The number of Topliss-reactive ketones (excluding diaryl/α,β-unsaturated/α-hetero) is 1. The normalized spacial score (nSPS) is 10.5. The fourth-order valence-corrected chi connectivity index (χ4v) is 4.02. The monoisotopic (exact) mass is 461 g/mol. The Morgan fingerprint density at radius 3 is 2.30 bits per heavy atom. The van der Waals surface area contributed by atoms with Crippen LogP contribution < -0.4 is 5.32 Å². The quantitative estimate of drug-likeness (QED) is 0.238. The van der Waals surface area contributed by atoms with E-state index in [0.717, 1.165) is 24.1 Å². The fraction of sp³-hybridized carbons (Fsp3) is 0.222. The van der Waals surface area contributed by atoms with Crippen molar-refractivity contribution in [2.75, 3.05) is 17.7 Å². The Morgan fingerprint density at radius 1 is 0.909 bits per heavy atom. The molecule has 0 bridgehead atoms. The zero-order valence-corrected chi connectivity index (χ0v) is 19.6. The minimum atomic E-state index is -0.590. The number of rotatable bonds is 10. The van der Waals surface area contributed by atoms with Gasteiger partial charge in [0.05, 0.1) is 11.3 Å². The maximum Gasteiger partial charge on any atom is 0.339 e. The number of ketones is 1. The second-order valence-corrected chi connectivity index (χ2v) is 8.66. The van der Waals surface area contributed by atoms with Gasteiger partial charge in [0.25, 0.3) is 0 Å². The van der Waals surface area contributed by atoms with Gasteiger partial charge >= 0.3 is 5.97 Å². The van der Waals surface area contributed by atoms with E-state index in [2.05, 4.69) is 12.2 Å². The van der Waals surface area contributed by atoms with Crippen molar-refractivity contribution in [1.82, 2.24) is 0 Å². The van der Waals surface area contributed by atoms with Gasteiger partial charge in [-0.15, -0.1) is 11.8 Å². The molecule has 3 aromatic carbocycles. The number of carbonyl (C=O) groups excluding carboxylic acids is 3. The van der Waals surface area contributed by atoms with E-state index in [9.17, 15) is 14.4 Å². The summed E-state index contributed by atoms with van der Waals surface area (Å²) in [4.78, 5) is 37.9. The standard InChI is InChI=1S/C27H27NO4S/c1-3-6-20-11-13-21(14-12-20)24(29)17-32-27(31)23-7-4-5-8-25(23)33-18-26(30)28-22-15-9-19(2)10-16-22/h4-5,7-16H,3,6,17-18H2,1-2H3,(H,28,30). The van der Waals surface area contributed by atoms with Crippen LogP contribution in [0.3, 0.4) is 0 Å². The lowest BCUT2D eigenvalue weighted by Crippen LogP contribution is -2.16. The minimum absolute atomic E-state index is 0.140. The molecule has 0 spiro atoms. The molecule has 5 nitrogen and oxygen atoms in total. The van der Waals surface area contributed by atoms with Gasteiger partial charge in [0.1, 0.15) is 0 Å². The van der Waals surface area contributed by atoms with Crippen molar-refractivity contribution in [2.45, 2.75) is 31.6 Å². The van der Waals surface area contributed by atoms with E-state index >= 15 is 0 Å². The molecular formula is C27H27NO4S. The van der Waals surface area contributed by atoms with Crippen LogP contribution in [0.1, 0.15) is 45.2 Å². The highest BCUT2D eigenvalue weighted by Gasteiger charge is 2.16. The molecule has 0 aliphatic carbocycles. The SMILES string of the molecule is CCCc1ccc(C(=O)COC(=O)c2ccccc2SCC(=O)Nc2ccc(C)cc2)cc1. The van der Waals surface area contributed by atoms with Crippen molar-refractivity contribution in [3.8, 4) is 0 Å². The number of hydrogen-bond donors (Lipinski definition) is 1. The molecule has 0 saturated carbocycles. The highest BCUT2D eigenvalue weighted by molar-refractivity contribution is 8.00. The van der Waals surface area contributed by atoms with Gasteiger partial charge in [-0.05, 0) is 43.2 Å². The molecule has 0 radical (unpaired) electrons. The van der Waals surface area contributed by atoms with Crippen LogP contribution in [-0.4, -0.2) is 30.0 Å². The fourth-order valence-electron chi connectivity index (χ4n) is 3.18. The molecule has 33 heavy (non-hydrogen) atoms. The molecule has 1 amide bonds. The summed E-state index contributed by atoms with van der Waals surface area (Å²) >= 11 is 1.24. The summed E-state index contributed by atoms with van der Waals surface area (Å²) in [6.45, 7) is 3.75. The Hall–Kier alpha value is -3.38. The van der Waals surface area contributed by atoms with E-state index in [1.54, 1.807) is 36.4 Å². The van der Waals surface area contributed by atoms with Crippen LogP contribution in [0.2, 0.25) is 0 Å². The van der Waals surface area contributed by atoms with Crippen molar-refractivity contribution in [2.24, 2.45) is 0 Å². The predicted molar refractivity (Wildman–Crippen MR) is 132 cm³/mol. The first-order valence-corrected chi connectivity index (χ1v) is 11.8. The van der Waals surface area contributed by atoms with Crippen LogP contribution in [0.25, 0.3) is 0 Å². The molecule has 0 fully saturated rings. The highest BCUT2D eigenvalue weighted by atomic mass is 32.2. The lowest BCUT2D eigenvalue weighted by atomic mass is 10.1. The molecule has 0 aromatic heterocycles. The Bertz CT molecular complexity index is 1110. The number of esters is 1. The number of nitrogens with one attached hydrogen (secondary N) is 1. The zero-order chi connectivity index (χ0) is 23.6. The number of benzene rings is 3. The third-order valence-corrected chi connectivity index (χ3v) is 6.02. The highest BCUT2D eigenvalue weighted by Crippen LogP contribution is 2.24. The van der Waals surface area contributed by atoms with Crippen LogP contribution in [-0.2, 0) is 16.0 Å². The average molecular weight is 462 g/mol. The number of carbonyl (C=O) groups is 3. The van der Waals surface area contributed by atoms with Crippen LogP contribution in [0, 0.1) is 6.92 Å². The number of amides is 1. The van der Waals surface area contributed by atoms with Gasteiger partial charge in [-0.3, -0.25) is 9.59 Å². The van der Waals surface area contributed by atoms with Crippen molar-refractivity contribution < 1.29 is 19.1 Å². The molecule has 0 aliphatic rings. The Kier molecular flexibility index (Phi) is 8.84. The van der Waals surface area contributed by atoms with Crippen molar-refractivity contribution in [3.05, 3.63) is 95.1 Å². The smallest absolute Gasteiger partial charge is 0.339 e. The summed E-state index contributed by atoms with van der Waals surface area (Å²) < 4.78 is 5.27. The maximum atomic E-state index is 12.6. The number of anilines is 1. The van der Waals surface area contributed by atoms with Gasteiger partial charge in [0.15, 0.2) is 12.4 Å². The number of aryl methyl sites for hydroxylation is 2. The molecule has 170 valence electrons. The molecular weight excluding hydrogens is 434 g/mol. The molecule has 0 unspecified atom stereocenters. The lowest BCUT2D eigenvalue weighted by molar-refractivity contribution is -0.113. The van der Waals surface area contributed by atoms with Gasteiger partial charge < -0.3 is 10.1 Å². The first-order valence-electron chi connectivity index (χ1n) is 10.8. The van der Waals surface area contributed by atoms with Crippen LogP contribution in [0.5, 0.6) is 0 Å². The number of hydrogen-bond acceptors (Lipinski definition) is 5. The number of thioether (sulfide) groups is 1. The summed E-state index contributed by atoms with van der Waals surface area (Å²) in [5, 5.41) is 2.84. The Morgan fingerprint density at radius 2 is 1.61 bits per heavy atom. The van der Waals surface area contributed by atoms with E-state index in [4.69, 9.17) is 4.74 Å². The predicted octanol–water partition coefficient (Wildman–Crippen LogP) is 5.72. The first-order chi connectivity index (χ1) is 16.0. The maximum absolute atomic E-state index is 12.6. The molecule has 0 aliphatic heterocycles. The summed E-state index contributed by atoms with van der Waals surface area (Å²) in [6, 6.07) is 21.8. The van der Waals surface area contributed by atoms with E-state index < -0.39 is 5.97 Å². The van der Waals surface area contributed by atoms with Gasteiger partial charge in [-0.25, -0.2) is 4.79 Å². The van der Waals surface area contributed by atoms with Gasteiger partial charge in [-0.2, -0.15) is 0 Å². The van der Waals surface area contributed by atoms with Gasteiger partial charge in [-0.1, -0.05) is 67.4 Å². The topological polar surface area (TPSA) is 72.5 Å². The summed E-state index contributed by atoms with van der Waals surface area (Å²) in [7, 11) is 0. The lowest BCUT2D eigenvalue weighted by Gasteiger charge is -2.10. The second-order valence-electron chi connectivity index (χ2n) is 7.65. The third kappa shape index (κ3) is 7.32. The molecule has 3 rings (SSSR count). The second kappa shape index (κ2) is 12.0. The molecule has 0 heterocycles. The Balaban J connectivity index is 1.55. The van der Waals surface area contributed by atoms with E-state index in [0.29, 0.717) is 16.0 Å². The van der Waals surface area contributed by atoms with Crippen molar-refractivity contribution >= 4 is 35.1 Å².